The molecule has 0 spiro atoms. The molecular weight excluding hydrogens is 292 g/mol. The van der Waals surface area contributed by atoms with Crippen LogP contribution in [0.1, 0.15) is 32.6 Å². The Balaban J connectivity index is 1.63. The van der Waals surface area contributed by atoms with Gasteiger partial charge in [-0.25, -0.2) is 0 Å². The van der Waals surface area contributed by atoms with E-state index in [0.717, 1.165) is 71.5 Å². The van der Waals surface area contributed by atoms with Crippen molar-refractivity contribution in [2.45, 2.75) is 32.6 Å². The fourth-order valence-corrected chi connectivity index (χ4v) is 3.27. The minimum atomic E-state index is 0.414. The summed E-state index contributed by atoms with van der Waals surface area (Å²) in [4.78, 5) is 6.78. The summed E-state index contributed by atoms with van der Waals surface area (Å²) in [5.74, 6) is 0.918. The second-order valence-electron chi connectivity index (χ2n) is 6.61. The average molecular weight is 326 g/mol. The zero-order valence-corrected chi connectivity index (χ0v) is 14.9. The van der Waals surface area contributed by atoms with Crippen LogP contribution in [0.25, 0.3) is 0 Å². The Morgan fingerprint density at radius 1 is 1.26 bits per heavy atom. The maximum absolute atomic E-state index is 5.54. The Labute approximate surface area is 141 Å². The molecule has 1 saturated carbocycles. The van der Waals surface area contributed by atoms with E-state index in [1.807, 2.05) is 7.05 Å². The maximum Gasteiger partial charge on any atom is 0.191 e. The van der Waals surface area contributed by atoms with Gasteiger partial charge in [0.2, 0.25) is 0 Å². The van der Waals surface area contributed by atoms with Crippen LogP contribution in [0.5, 0.6) is 0 Å². The number of morpholine rings is 1. The Hall–Kier alpha value is -0.850. The molecule has 23 heavy (non-hydrogen) atoms. The van der Waals surface area contributed by atoms with Crippen LogP contribution in [-0.4, -0.2) is 77.1 Å². The Bertz CT molecular complexity index is 353. The molecule has 0 unspecified atom stereocenters. The Kier molecular flexibility index (Phi) is 8.12. The molecule has 0 aromatic heterocycles. The highest BCUT2D eigenvalue weighted by molar-refractivity contribution is 5.79. The van der Waals surface area contributed by atoms with Gasteiger partial charge in [-0.3, -0.25) is 9.89 Å². The van der Waals surface area contributed by atoms with Gasteiger partial charge in [0, 0.05) is 53.0 Å². The molecule has 6 heteroatoms. The van der Waals surface area contributed by atoms with E-state index in [-0.39, 0.29) is 0 Å². The van der Waals surface area contributed by atoms with Crippen LogP contribution in [0.2, 0.25) is 0 Å². The fourth-order valence-electron chi connectivity index (χ4n) is 3.27. The third-order valence-corrected chi connectivity index (χ3v) is 5.07. The molecule has 1 aliphatic heterocycles. The summed E-state index contributed by atoms with van der Waals surface area (Å²) in [7, 11) is 1.84. The Morgan fingerprint density at radius 2 is 2.04 bits per heavy atom. The number of aliphatic imine (C=N–C) groups is 1. The summed E-state index contributed by atoms with van der Waals surface area (Å²) >= 11 is 0. The van der Waals surface area contributed by atoms with E-state index < -0.39 is 0 Å². The van der Waals surface area contributed by atoms with Crippen molar-refractivity contribution in [3.63, 3.8) is 0 Å². The molecule has 0 aromatic carbocycles. The van der Waals surface area contributed by atoms with Gasteiger partial charge in [0.15, 0.2) is 5.96 Å². The van der Waals surface area contributed by atoms with Gasteiger partial charge in [0.1, 0.15) is 0 Å². The van der Waals surface area contributed by atoms with Gasteiger partial charge in [-0.2, -0.15) is 0 Å². The predicted octanol–water partition coefficient (Wildman–Crippen LogP) is 1.08. The van der Waals surface area contributed by atoms with Gasteiger partial charge in [-0.05, 0) is 31.6 Å². The molecule has 2 N–H and O–H groups in total. The number of ether oxygens (including phenoxy) is 2. The first-order valence-corrected chi connectivity index (χ1v) is 9.10. The van der Waals surface area contributed by atoms with Crippen molar-refractivity contribution in [3.8, 4) is 0 Å². The summed E-state index contributed by atoms with van der Waals surface area (Å²) in [5.41, 5.74) is 0.414. The van der Waals surface area contributed by atoms with E-state index in [0.29, 0.717) is 5.41 Å². The number of rotatable bonds is 9. The van der Waals surface area contributed by atoms with E-state index in [2.05, 4.69) is 27.4 Å². The minimum absolute atomic E-state index is 0.414. The summed E-state index contributed by atoms with van der Waals surface area (Å²) in [5, 5.41) is 6.95. The third-order valence-electron chi connectivity index (χ3n) is 5.07. The number of hydrogen-bond donors (Lipinski definition) is 2. The summed E-state index contributed by atoms with van der Waals surface area (Å²) in [6.07, 6.45) is 5.10. The van der Waals surface area contributed by atoms with Crippen LogP contribution in [0, 0.1) is 5.41 Å². The third kappa shape index (κ3) is 6.28. The predicted molar refractivity (Wildman–Crippen MR) is 94.0 cm³/mol. The molecule has 0 aromatic rings. The van der Waals surface area contributed by atoms with Crippen LogP contribution < -0.4 is 10.6 Å². The lowest BCUT2D eigenvalue weighted by atomic mass is 9.67. The topological polar surface area (TPSA) is 58.1 Å². The largest absolute Gasteiger partial charge is 0.382 e. The highest BCUT2D eigenvalue weighted by atomic mass is 16.5. The first-order chi connectivity index (χ1) is 11.3. The fraction of sp³-hybridized carbons (Fsp3) is 0.941. The van der Waals surface area contributed by atoms with Gasteiger partial charge >= 0.3 is 0 Å². The van der Waals surface area contributed by atoms with E-state index >= 15 is 0 Å². The van der Waals surface area contributed by atoms with Gasteiger partial charge in [-0.1, -0.05) is 6.42 Å². The summed E-state index contributed by atoms with van der Waals surface area (Å²) in [6.45, 7) is 10.5. The van der Waals surface area contributed by atoms with Crippen molar-refractivity contribution in [3.05, 3.63) is 0 Å². The summed E-state index contributed by atoms with van der Waals surface area (Å²) in [6, 6.07) is 0. The minimum Gasteiger partial charge on any atom is -0.382 e. The summed E-state index contributed by atoms with van der Waals surface area (Å²) < 4.78 is 10.9. The number of hydrogen-bond acceptors (Lipinski definition) is 4. The standard InChI is InChI=1S/C17H34N4O2/c1-3-22-12-7-17(5-4-6-17)15-20-16(18-2)19-8-9-21-10-13-23-14-11-21/h3-15H2,1-2H3,(H2,18,19,20). The van der Waals surface area contributed by atoms with Gasteiger partial charge in [-0.15, -0.1) is 0 Å². The number of guanidine groups is 1. The van der Waals surface area contributed by atoms with E-state index in [9.17, 15) is 0 Å². The molecule has 2 aliphatic rings. The second-order valence-corrected chi connectivity index (χ2v) is 6.61. The highest BCUT2D eigenvalue weighted by Gasteiger charge is 2.36. The molecule has 0 bridgehead atoms. The van der Waals surface area contributed by atoms with Gasteiger partial charge < -0.3 is 20.1 Å². The average Bonchev–Trinajstić information content (AvgIpc) is 2.55. The van der Waals surface area contributed by atoms with Crippen LogP contribution in [0.4, 0.5) is 0 Å². The smallest absolute Gasteiger partial charge is 0.191 e. The lowest BCUT2D eigenvalue weighted by molar-refractivity contribution is 0.0388. The van der Waals surface area contributed by atoms with Gasteiger partial charge in [0.05, 0.1) is 13.2 Å². The molecule has 6 nitrogen and oxygen atoms in total. The molecule has 1 aliphatic carbocycles. The van der Waals surface area contributed by atoms with E-state index in [1.165, 1.54) is 19.3 Å². The zero-order valence-electron chi connectivity index (χ0n) is 14.9. The lowest BCUT2D eigenvalue weighted by Gasteiger charge is -2.42. The molecule has 134 valence electrons. The first-order valence-electron chi connectivity index (χ1n) is 9.10. The van der Waals surface area contributed by atoms with Crippen molar-refractivity contribution >= 4 is 5.96 Å². The van der Waals surface area contributed by atoms with Crippen molar-refractivity contribution in [1.29, 1.82) is 0 Å². The molecule has 1 heterocycles. The number of nitrogens with one attached hydrogen (secondary N) is 2. The molecule has 0 radical (unpaired) electrons. The van der Waals surface area contributed by atoms with E-state index in [4.69, 9.17) is 9.47 Å². The molecule has 2 fully saturated rings. The molecule has 1 saturated heterocycles. The van der Waals surface area contributed by atoms with Gasteiger partial charge in [0.25, 0.3) is 0 Å². The SMILES string of the molecule is CCOCCC1(CNC(=NC)NCCN2CCOCC2)CCC1. The Morgan fingerprint density at radius 3 is 2.65 bits per heavy atom. The monoisotopic (exact) mass is 326 g/mol. The normalized spacial score (nSPS) is 21.7. The quantitative estimate of drug-likeness (QED) is 0.377. The van der Waals surface area contributed by atoms with E-state index in [1.54, 1.807) is 0 Å². The van der Waals surface area contributed by atoms with Crippen LogP contribution in [-0.2, 0) is 9.47 Å². The van der Waals surface area contributed by atoms with Crippen LogP contribution in [0.15, 0.2) is 4.99 Å². The van der Waals surface area contributed by atoms with Crippen LogP contribution in [0.3, 0.4) is 0 Å². The molecule has 0 atom stereocenters. The first kappa shape index (κ1) is 18.5. The number of nitrogens with zero attached hydrogens (tertiary/aromatic N) is 2. The zero-order chi connectivity index (χ0) is 16.4. The van der Waals surface area contributed by atoms with Crippen molar-refractivity contribution in [1.82, 2.24) is 15.5 Å². The van der Waals surface area contributed by atoms with Crippen molar-refractivity contribution in [2.24, 2.45) is 10.4 Å². The molecule has 2 rings (SSSR count). The van der Waals surface area contributed by atoms with Crippen molar-refractivity contribution < 1.29 is 9.47 Å². The molecule has 0 amide bonds. The van der Waals surface area contributed by atoms with Crippen LogP contribution >= 0.6 is 0 Å². The second kappa shape index (κ2) is 10.1. The maximum atomic E-state index is 5.54. The molecular formula is C17H34N4O2. The highest BCUT2D eigenvalue weighted by Crippen LogP contribution is 2.43. The lowest BCUT2D eigenvalue weighted by Crippen LogP contribution is -2.48. The van der Waals surface area contributed by atoms with Crippen molar-refractivity contribution in [2.75, 3.05) is 66.2 Å².